The van der Waals surface area contributed by atoms with Gasteiger partial charge in [-0.05, 0) is 12.1 Å². The molecule has 1 aromatic heterocycles. The molecule has 15 heavy (non-hydrogen) atoms. The zero-order valence-electron chi connectivity index (χ0n) is 7.30. The van der Waals surface area contributed by atoms with Crippen molar-refractivity contribution in [3.8, 4) is 11.1 Å². The van der Waals surface area contributed by atoms with Gasteiger partial charge in [-0.15, -0.1) is 0 Å². The first kappa shape index (κ1) is 10.4. The number of rotatable bonds is 1. The van der Waals surface area contributed by atoms with E-state index in [9.17, 15) is 4.39 Å². The number of hydrogen-bond donors (Lipinski definition) is 1. The van der Waals surface area contributed by atoms with E-state index in [-0.39, 0.29) is 10.9 Å². The van der Waals surface area contributed by atoms with Crippen molar-refractivity contribution in [2.45, 2.75) is 0 Å². The van der Waals surface area contributed by atoms with Gasteiger partial charge in [-0.3, -0.25) is 0 Å². The summed E-state index contributed by atoms with van der Waals surface area (Å²) in [6, 6.07) is 2.92. The van der Waals surface area contributed by atoms with Crippen molar-refractivity contribution in [1.82, 2.24) is 5.16 Å². The normalized spacial score (nSPS) is 10.6. The maximum Gasteiger partial charge on any atom is 0.230 e. The van der Waals surface area contributed by atoms with Gasteiger partial charge in [0.15, 0.2) is 0 Å². The van der Waals surface area contributed by atoms with Crippen molar-refractivity contribution in [3.05, 3.63) is 33.6 Å². The van der Waals surface area contributed by atoms with Gasteiger partial charge >= 0.3 is 0 Å². The Bertz CT molecular complexity index is 515. The summed E-state index contributed by atoms with van der Waals surface area (Å²) in [5.41, 5.74) is 6.44. The highest BCUT2D eigenvalue weighted by Crippen LogP contribution is 2.35. The third-order valence-electron chi connectivity index (χ3n) is 1.88. The molecule has 0 atom stereocenters. The summed E-state index contributed by atoms with van der Waals surface area (Å²) in [7, 11) is 0. The molecular weight excluding hydrogens is 286 g/mol. The van der Waals surface area contributed by atoms with Gasteiger partial charge in [0, 0.05) is 10.0 Å². The van der Waals surface area contributed by atoms with Crippen molar-refractivity contribution >= 4 is 33.4 Å². The second-order valence-electron chi connectivity index (χ2n) is 2.85. The molecule has 0 saturated heterocycles. The van der Waals surface area contributed by atoms with Gasteiger partial charge in [-0.2, -0.15) is 0 Å². The Hall–Kier alpha value is -1.07. The van der Waals surface area contributed by atoms with Crippen LogP contribution in [0, 0.1) is 5.82 Å². The lowest BCUT2D eigenvalue weighted by atomic mass is 10.1. The number of anilines is 1. The van der Waals surface area contributed by atoms with Crippen molar-refractivity contribution in [3.63, 3.8) is 0 Å². The molecule has 1 aromatic carbocycles. The Kier molecular flexibility index (Phi) is 2.67. The smallest absolute Gasteiger partial charge is 0.230 e. The molecule has 0 bridgehead atoms. The summed E-state index contributed by atoms with van der Waals surface area (Å²) < 4.78 is 18.6. The molecule has 0 fully saturated rings. The Morgan fingerprint density at radius 3 is 2.73 bits per heavy atom. The van der Waals surface area contributed by atoms with Crippen LogP contribution in [0.15, 0.2) is 27.3 Å². The average molecular weight is 292 g/mol. The SMILES string of the molecule is Nc1oncc1-c1cc(Br)cc(F)c1Cl. The van der Waals surface area contributed by atoms with Crippen LogP contribution in [0.5, 0.6) is 0 Å². The maximum atomic E-state index is 13.3. The molecule has 0 unspecified atom stereocenters. The van der Waals surface area contributed by atoms with Gasteiger partial charge in [-0.25, -0.2) is 4.39 Å². The van der Waals surface area contributed by atoms with Crippen LogP contribution in [-0.2, 0) is 0 Å². The molecule has 78 valence electrons. The fourth-order valence-corrected chi connectivity index (χ4v) is 1.84. The number of halogens is 3. The van der Waals surface area contributed by atoms with E-state index in [1.165, 1.54) is 12.3 Å². The Balaban J connectivity index is 2.68. The highest BCUT2D eigenvalue weighted by atomic mass is 79.9. The molecule has 0 saturated carbocycles. The van der Waals surface area contributed by atoms with E-state index in [2.05, 4.69) is 25.6 Å². The first-order valence-corrected chi connectivity index (χ1v) is 5.11. The lowest BCUT2D eigenvalue weighted by Crippen LogP contribution is -1.88. The van der Waals surface area contributed by atoms with E-state index in [1.54, 1.807) is 6.07 Å². The highest BCUT2D eigenvalue weighted by molar-refractivity contribution is 9.10. The molecule has 0 aliphatic carbocycles. The van der Waals surface area contributed by atoms with E-state index in [4.69, 9.17) is 17.3 Å². The Labute approximate surface area is 98.1 Å². The molecule has 0 amide bonds. The van der Waals surface area contributed by atoms with Crippen LogP contribution in [0.25, 0.3) is 11.1 Å². The van der Waals surface area contributed by atoms with E-state index in [0.717, 1.165) is 0 Å². The fourth-order valence-electron chi connectivity index (χ4n) is 1.20. The highest BCUT2D eigenvalue weighted by Gasteiger charge is 2.14. The molecule has 0 spiro atoms. The molecule has 1 heterocycles. The molecule has 0 aliphatic heterocycles. The molecule has 0 radical (unpaired) electrons. The second-order valence-corrected chi connectivity index (χ2v) is 4.15. The monoisotopic (exact) mass is 290 g/mol. The van der Waals surface area contributed by atoms with Gasteiger partial charge in [0.2, 0.25) is 5.88 Å². The van der Waals surface area contributed by atoms with Crippen LogP contribution in [0.2, 0.25) is 5.02 Å². The van der Waals surface area contributed by atoms with Crippen LogP contribution >= 0.6 is 27.5 Å². The van der Waals surface area contributed by atoms with Crippen molar-refractivity contribution in [2.75, 3.05) is 5.73 Å². The van der Waals surface area contributed by atoms with Gasteiger partial charge in [0.25, 0.3) is 0 Å². The van der Waals surface area contributed by atoms with Gasteiger partial charge in [0.05, 0.1) is 16.8 Å². The van der Waals surface area contributed by atoms with Crippen LogP contribution in [0.1, 0.15) is 0 Å². The molecule has 2 aromatic rings. The maximum absolute atomic E-state index is 13.3. The predicted molar refractivity (Wildman–Crippen MR) is 59.0 cm³/mol. The van der Waals surface area contributed by atoms with E-state index in [0.29, 0.717) is 15.6 Å². The van der Waals surface area contributed by atoms with E-state index < -0.39 is 5.82 Å². The lowest BCUT2D eigenvalue weighted by Gasteiger charge is -2.03. The van der Waals surface area contributed by atoms with Crippen LogP contribution in [-0.4, -0.2) is 5.16 Å². The second kappa shape index (κ2) is 3.83. The molecule has 2 N–H and O–H groups in total. The molecular formula is C9H5BrClFN2O. The summed E-state index contributed by atoms with van der Waals surface area (Å²) in [6.45, 7) is 0. The van der Waals surface area contributed by atoms with Crippen LogP contribution in [0.4, 0.5) is 10.3 Å². The summed E-state index contributed by atoms with van der Waals surface area (Å²) in [5.74, 6) is -0.420. The third kappa shape index (κ3) is 1.85. The minimum atomic E-state index is -0.526. The number of aromatic nitrogens is 1. The standard InChI is InChI=1S/C9H5BrClFN2O/c10-4-1-5(8(11)7(12)2-4)6-3-14-15-9(6)13/h1-3H,13H2. The number of nitrogens with two attached hydrogens (primary N) is 1. The van der Waals surface area contributed by atoms with Gasteiger partial charge in [0.1, 0.15) is 5.82 Å². The van der Waals surface area contributed by atoms with E-state index >= 15 is 0 Å². The first-order valence-electron chi connectivity index (χ1n) is 3.94. The van der Waals surface area contributed by atoms with Crippen LogP contribution in [0.3, 0.4) is 0 Å². The Morgan fingerprint density at radius 1 is 1.40 bits per heavy atom. The quantitative estimate of drug-likeness (QED) is 0.818. The fraction of sp³-hybridized carbons (Fsp3) is 0. The number of hydrogen-bond acceptors (Lipinski definition) is 3. The number of nitrogen functional groups attached to an aromatic ring is 1. The van der Waals surface area contributed by atoms with Crippen molar-refractivity contribution in [1.29, 1.82) is 0 Å². The van der Waals surface area contributed by atoms with Crippen molar-refractivity contribution in [2.24, 2.45) is 0 Å². The van der Waals surface area contributed by atoms with Gasteiger partial charge < -0.3 is 10.3 Å². The predicted octanol–water partition coefficient (Wildman–Crippen LogP) is 3.48. The number of benzene rings is 1. The topological polar surface area (TPSA) is 52.0 Å². The average Bonchev–Trinajstić information content (AvgIpc) is 2.58. The molecule has 3 nitrogen and oxygen atoms in total. The van der Waals surface area contributed by atoms with Crippen LogP contribution < -0.4 is 5.73 Å². The summed E-state index contributed by atoms with van der Waals surface area (Å²) >= 11 is 8.97. The summed E-state index contributed by atoms with van der Waals surface area (Å²) in [5, 5.41) is 3.50. The third-order valence-corrected chi connectivity index (χ3v) is 2.72. The molecule has 2 rings (SSSR count). The molecule has 6 heteroatoms. The largest absolute Gasteiger partial charge is 0.367 e. The lowest BCUT2D eigenvalue weighted by molar-refractivity contribution is 0.436. The summed E-state index contributed by atoms with van der Waals surface area (Å²) in [6.07, 6.45) is 1.39. The minimum absolute atomic E-state index is 0.00639. The molecule has 0 aliphatic rings. The van der Waals surface area contributed by atoms with Crippen molar-refractivity contribution < 1.29 is 8.91 Å². The van der Waals surface area contributed by atoms with Gasteiger partial charge in [-0.1, -0.05) is 32.7 Å². The first-order chi connectivity index (χ1) is 7.09. The minimum Gasteiger partial charge on any atom is -0.367 e. The Morgan fingerprint density at radius 2 is 2.13 bits per heavy atom. The summed E-state index contributed by atoms with van der Waals surface area (Å²) in [4.78, 5) is 0. The van der Waals surface area contributed by atoms with E-state index in [1.807, 2.05) is 0 Å². The zero-order chi connectivity index (χ0) is 11.0. The zero-order valence-corrected chi connectivity index (χ0v) is 9.64. The number of nitrogens with zero attached hydrogens (tertiary/aromatic N) is 1.